The van der Waals surface area contributed by atoms with Crippen molar-refractivity contribution < 1.29 is 4.52 Å². The molecule has 0 bridgehead atoms. The number of aromatic nitrogens is 1. The van der Waals surface area contributed by atoms with Crippen molar-refractivity contribution in [2.45, 2.75) is 20.0 Å². The molecule has 0 N–H and O–H groups in total. The van der Waals surface area contributed by atoms with E-state index in [1.54, 1.807) is 0 Å². The molecule has 54 valence electrons. The molecule has 1 aliphatic rings. The fourth-order valence-corrected chi connectivity index (χ4v) is 1.35. The monoisotopic (exact) mass is 138 g/mol. The van der Waals surface area contributed by atoms with Crippen molar-refractivity contribution in [3.63, 3.8) is 0 Å². The van der Waals surface area contributed by atoms with Crippen LogP contribution in [0.1, 0.15) is 17.0 Å². The highest BCUT2D eigenvalue weighted by Gasteiger charge is 2.21. The molecule has 0 saturated carbocycles. The Balaban J connectivity index is 2.44. The lowest BCUT2D eigenvalue weighted by atomic mass is 10.2. The van der Waals surface area contributed by atoms with E-state index in [-0.39, 0.29) is 0 Å². The zero-order valence-electron chi connectivity index (χ0n) is 6.22. The van der Waals surface area contributed by atoms with E-state index < -0.39 is 0 Å². The second kappa shape index (κ2) is 1.83. The van der Waals surface area contributed by atoms with Crippen molar-refractivity contribution in [2.24, 2.45) is 0 Å². The van der Waals surface area contributed by atoms with Crippen LogP contribution < -0.4 is 0 Å². The van der Waals surface area contributed by atoms with Crippen LogP contribution in [-0.4, -0.2) is 17.1 Å². The first kappa shape index (κ1) is 5.92. The normalized spacial score (nSPS) is 17.8. The van der Waals surface area contributed by atoms with Gasteiger partial charge < -0.3 is 4.52 Å². The van der Waals surface area contributed by atoms with Crippen molar-refractivity contribution in [1.82, 2.24) is 10.1 Å². The van der Waals surface area contributed by atoms with Crippen LogP contribution in [-0.2, 0) is 13.1 Å². The number of fused-ring (bicyclic) bond motifs is 1. The van der Waals surface area contributed by atoms with Crippen molar-refractivity contribution >= 4 is 0 Å². The molecule has 10 heavy (non-hydrogen) atoms. The standard InChI is InChI=1S/C7H10N2O/c1-5-6-3-9(2)4-7(6)8-10-5/h3-4H2,1-2H3. The molecule has 2 rings (SSSR count). The van der Waals surface area contributed by atoms with Crippen LogP contribution in [0.25, 0.3) is 0 Å². The van der Waals surface area contributed by atoms with Crippen molar-refractivity contribution in [1.29, 1.82) is 0 Å². The summed E-state index contributed by atoms with van der Waals surface area (Å²) in [5.74, 6) is 0.972. The number of hydrogen-bond donors (Lipinski definition) is 0. The van der Waals surface area contributed by atoms with Crippen molar-refractivity contribution in [3.05, 3.63) is 17.0 Å². The third-order valence-electron chi connectivity index (χ3n) is 1.91. The van der Waals surface area contributed by atoms with Crippen LogP contribution in [0.15, 0.2) is 4.52 Å². The van der Waals surface area contributed by atoms with Gasteiger partial charge in [-0.25, -0.2) is 0 Å². The second-order valence-corrected chi connectivity index (χ2v) is 2.84. The number of aryl methyl sites for hydroxylation is 1. The van der Waals surface area contributed by atoms with Gasteiger partial charge in [-0.1, -0.05) is 5.16 Å². The summed E-state index contributed by atoms with van der Waals surface area (Å²) in [6.07, 6.45) is 0. The Bertz CT molecular complexity index is 254. The highest BCUT2D eigenvalue weighted by molar-refractivity contribution is 5.25. The summed E-state index contributed by atoms with van der Waals surface area (Å²) < 4.78 is 5.01. The van der Waals surface area contributed by atoms with Crippen molar-refractivity contribution in [3.8, 4) is 0 Å². The van der Waals surface area contributed by atoms with Gasteiger partial charge >= 0.3 is 0 Å². The molecule has 0 spiro atoms. The molecule has 0 unspecified atom stereocenters. The van der Waals surface area contributed by atoms with Crippen LogP contribution in [0.2, 0.25) is 0 Å². The Morgan fingerprint density at radius 1 is 1.50 bits per heavy atom. The van der Waals surface area contributed by atoms with Gasteiger partial charge in [0.25, 0.3) is 0 Å². The smallest absolute Gasteiger partial charge is 0.138 e. The van der Waals surface area contributed by atoms with Gasteiger partial charge in [-0.3, -0.25) is 4.90 Å². The van der Waals surface area contributed by atoms with E-state index in [0.29, 0.717) is 0 Å². The Morgan fingerprint density at radius 3 is 3.00 bits per heavy atom. The first-order valence-corrected chi connectivity index (χ1v) is 3.40. The van der Waals surface area contributed by atoms with E-state index in [2.05, 4.69) is 17.1 Å². The molecule has 3 heteroatoms. The fraction of sp³-hybridized carbons (Fsp3) is 0.571. The van der Waals surface area contributed by atoms with E-state index in [9.17, 15) is 0 Å². The van der Waals surface area contributed by atoms with E-state index in [1.807, 2.05) is 6.92 Å². The highest BCUT2D eigenvalue weighted by Crippen LogP contribution is 2.22. The van der Waals surface area contributed by atoms with E-state index in [1.165, 1.54) is 5.56 Å². The first-order valence-electron chi connectivity index (χ1n) is 3.40. The Morgan fingerprint density at radius 2 is 2.30 bits per heavy atom. The van der Waals surface area contributed by atoms with E-state index >= 15 is 0 Å². The highest BCUT2D eigenvalue weighted by atomic mass is 16.5. The van der Waals surface area contributed by atoms with Gasteiger partial charge in [-0.05, 0) is 14.0 Å². The van der Waals surface area contributed by atoms with Crippen molar-refractivity contribution in [2.75, 3.05) is 7.05 Å². The lowest BCUT2D eigenvalue weighted by molar-refractivity contribution is 0.314. The molecule has 0 aromatic carbocycles. The summed E-state index contributed by atoms with van der Waals surface area (Å²) >= 11 is 0. The Hall–Kier alpha value is -0.830. The minimum absolute atomic E-state index is 0.937. The Labute approximate surface area is 59.6 Å². The third kappa shape index (κ3) is 0.671. The van der Waals surface area contributed by atoms with Gasteiger partial charge in [-0.15, -0.1) is 0 Å². The predicted octanol–water partition coefficient (Wildman–Crippen LogP) is 0.928. The minimum Gasteiger partial charge on any atom is -0.361 e. The molecule has 1 aromatic rings. The summed E-state index contributed by atoms with van der Waals surface area (Å²) in [6.45, 7) is 3.89. The summed E-state index contributed by atoms with van der Waals surface area (Å²) in [4.78, 5) is 2.22. The summed E-state index contributed by atoms with van der Waals surface area (Å²) in [5.41, 5.74) is 2.39. The van der Waals surface area contributed by atoms with Crippen LogP contribution in [0, 0.1) is 6.92 Å². The van der Waals surface area contributed by atoms with Crippen LogP contribution in [0.4, 0.5) is 0 Å². The maximum absolute atomic E-state index is 5.01. The molecule has 3 nitrogen and oxygen atoms in total. The first-order chi connectivity index (χ1) is 4.77. The zero-order valence-corrected chi connectivity index (χ0v) is 6.22. The van der Waals surface area contributed by atoms with Crippen LogP contribution >= 0.6 is 0 Å². The van der Waals surface area contributed by atoms with Gasteiger partial charge in [-0.2, -0.15) is 0 Å². The fourth-order valence-electron chi connectivity index (χ4n) is 1.35. The maximum atomic E-state index is 5.01. The third-order valence-corrected chi connectivity index (χ3v) is 1.91. The molecule has 0 saturated heterocycles. The second-order valence-electron chi connectivity index (χ2n) is 2.84. The molecule has 0 amide bonds. The van der Waals surface area contributed by atoms with Gasteiger partial charge in [0.1, 0.15) is 11.5 Å². The van der Waals surface area contributed by atoms with E-state index in [4.69, 9.17) is 4.52 Å². The van der Waals surface area contributed by atoms with Gasteiger partial charge in [0.2, 0.25) is 0 Å². The van der Waals surface area contributed by atoms with Gasteiger partial charge in [0, 0.05) is 18.7 Å². The summed E-state index contributed by atoms with van der Waals surface area (Å²) in [6, 6.07) is 0. The lowest BCUT2D eigenvalue weighted by Crippen LogP contribution is -2.08. The topological polar surface area (TPSA) is 29.3 Å². The summed E-state index contributed by atoms with van der Waals surface area (Å²) in [7, 11) is 2.08. The molecule has 0 fully saturated rings. The molecular weight excluding hydrogens is 128 g/mol. The average Bonchev–Trinajstić information content (AvgIpc) is 2.35. The van der Waals surface area contributed by atoms with Crippen LogP contribution in [0.3, 0.4) is 0 Å². The SMILES string of the molecule is Cc1onc2c1CN(C)C2. The Kier molecular flexibility index (Phi) is 1.08. The molecule has 1 aliphatic heterocycles. The molecule has 0 aliphatic carbocycles. The predicted molar refractivity (Wildman–Crippen MR) is 36.4 cm³/mol. The summed E-state index contributed by atoms with van der Waals surface area (Å²) in [5, 5.41) is 3.93. The quantitative estimate of drug-likeness (QED) is 0.534. The van der Waals surface area contributed by atoms with Gasteiger partial charge in [0.15, 0.2) is 0 Å². The average molecular weight is 138 g/mol. The van der Waals surface area contributed by atoms with E-state index in [0.717, 1.165) is 24.5 Å². The number of hydrogen-bond acceptors (Lipinski definition) is 3. The molecule has 1 aromatic heterocycles. The zero-order chi connectivity index (χ0) is 7.14. The molecule has 2 heterocycles. The lowest BCUT2D eigenvalue weighted by Gasteiger charge is -2.03. The molecule has 0 atom stereocenters. The maximum Gasteiger partial charge on any atom is 0.138 e. The number of rotatable bonds is 0. The largest absolute Gasteiger partial charge is 0.361 e. The van der Waals surface area contributed by atoms with Crippen LogP contribution in [0.5, 0.6) is 0 Å². The molecular formula is C7H10N2O. The van der Waals surface area contributed by atoms with Gasteiger partial charge in [0.05, 0.1) is 0 Å². The minimum atomic E-state index is 0.937. The molecule has 0 radical (unpaired) electrons. The number of nitrogens with zero attached hydrogens (tertiary/aromatic N) is 2.